The number of carbonyl (C=O) groups is 2. The van der Waals surface area contributed by atoms with Crippen LogP contribution in [0, 0.1) is 0 Å². The lowest BCUT2D eigenvalue weighted by Crippen LogP contribution is -2.55. The highest BCUT2D eigenvalue weighted by Gasteiger charge is 2.25. The summed E-state index contributed by atoms with van der Waals surface area (Å²) in [7, 11) is 1.71. The van der Waals surface area contributed by atoms with Crippen molar-refractivity contribution in [1.29, 1.82) is 0 Å². The molecule has 2 N–H and O–H groups in total. The number of guanidine groups is 1. The second-order valence-corrected chi connectivity index (χ2v) is 7.35. The molecule has 1 saturated carbocycles. The van der Waals surface area contributed by atoms with Crippen molar-refractivity contribution < 1.29 is 9.59 Å². The smallest absolute Gasteiger partial charge is 0.239 e. The average Bonchev–Trinajstić information content (AvgIpc) is 3.46. The van der Waals surface area contributed by atoms with E-state index < -0.39 is 0 Å². The number of halogens is 2. The van der Waals surface area contributed by atoms with Gasteiger partial charge in [0.15, 0.2) is 5.96 Å². The van der Waals surface area contributed by atoms with Gasteiger partial charge in [0.05, 0.1) is 13.0 Å². The van der Waals surface area contributed by atoms with Gasteiger partial charge in [0, 0.05) is 44.3 Å². The molecule has 1 aliphatic carbocycles. The van der Waals surface area contributed by atoms with Crippen LogP contribution in [0.5, 0.6) is 0 Å². The van der Waals surface area contributed by atoms with Gasteiger partial charge < -0.3 is 20.4 Å². The lowest BCUT2D eigenvalue weighted by molar-refractivity contribution is -0.131. The first-order chi connectivity index (χ1) is 13.0. The Hall–Kier alpha value is -1.55. The molecule has 1 heterocycles. The van der Waals surface area contributed by atoms with Gasteiger partial charge >= 0.3 is 0 Å². The third kappa shape index (κ3) is 6.80. The first kappa shape index (κ1) is 22.7. The van der Waals surface area contributed by atoms with Gasteiger partial charge in [-0.05, 0) is 30.5 Å². The zero-order valence-corrected chi connectivity index (χ0v) is 19.1. The van der Waals surface area contributed by atoms with E-state index >= 15 is 0 Å². The van der Waals surface area contributed by atoms with E-state index in [0.717, 1.165) is 18.4 Å². The minimum atomic E-state index is -0.00557. The molecule has 7 nitrogen and oxygen atoms in total. The quantitative estimate of drug-likeness (QED) is 0.351. The van der Waals surface area contributed by atoms with Gasteiger partial charge in [0.2, 0.25) is 11.8 Å². The van der Waals surface area contributed by atoms with E-state index in [2.05, 4.69) is 20.5 Å². The Morgan fingerprint density at radius 2 is 1.86 bits per heavy atom. The summed E-state index contributed by atoms with van der Waals surface area (Å²) in [5.74, 6) is 0.792. The van der Waals surface area contributed by atoms with Crippen molar-refractivity contribution in [3.8, 4) is 0 Å². The molecule has 3 rings (SSSR count). The highest BCUT2D eigenvalue weighted by Crippen LogP contribution is 2.18. The fraction of sp³-hybridized carbons (Fsp3) is 0.526. The van der Waals surface area contributed by atoms with Crippen LogP contribution >= 0.6 is 35.6 Å². The normalized spacial score (nSPS) is 17.0. The van der Waals surface area contributed by atoms with Crippen LogP contribution in [-0.2, 0) is 16.0 Å². The molecular formula is C19H27ClIN5O2. The van der Waals surface area contributed by atoms with Crippen LogP contribution in [0.4, 0.5) is 0 Å². The molecule has 1 aromatic rings. The van der Waals surface area contributed by atoms with Crippen molar-refractivity contribution in [3.05, 3.63) is 34.9 Å². The van der Waals surface area contributed by atoms with Gasteiger partial charge in [-0.1, -0.05) is 23.7 Å². The van der Waals surface area contributed by atoms with E-state index in [9.17, 15) is 9.59 Å². The molecule has 0 aromatic heterocycles. The van der Waals surface area contributed by atoms with Crippen LogP contribution in [0.1, 0.15) is 18.4 Å². The molecule has 2 fully saturated rings. The maximum absolute atomic E-state index is 12.5. The Balaban J connectivity index is 0.00000280. The van der Waals surface area contributed by atoms with E-state index in [1.807, 2.05) is 23.1 Å². The van der Waals surface area contributed by atoms with Gasteiger partial charge in [-0.3, -0.25) is 14.6 Å². The molecule has 0 atom stereocenters. The summed E-state index contributed by atoms with van der Waals surface area (Å²) < 4.78 is 0. The minimum absolute atomic E-state index is 0. The Kier molecular flexibility index (Phi) is 8.81. The number of piperazine rings is 1. The predicted molar refractivity (Wildman–Crippen MR) is 121 cm³/mol. The SMILES string of the molecule is CN=C(NCC(=O)NC1CC1)N1CCN(C(=O)Cc2cccc(Cl)c2)CC1.I. The summed E-state index contributed by atoms with van der Waals surface area (Å²) in [6, 6.07) is 7.76. The van der Waals surface area contributed by atoms with Gasteiger partial charge in [-0.15, -0.1) is 24.0 Å². The zero-order valence-electron chi connectivity index (χ0n) is 16.0. The maximum atomic E-state index is 12.5. The third-order valence-corrected chi connectivity index (χ3v) is 4.97. The molecule has 1 aliphatic heterocycles. The van der Waals surface area contributed by atoms with Crippen LogP contribution in [-0.4, -0.2) is 73.4 Å². The molecule has 0 spiro atoms. The predicted octanol–water partition coefficient (Wildman–Crippen LogP) is 1.50. The van der Waals surface area contributed by atoms with Gasteiger partial charge in [0.1, 0.15) is 0 Å². The monoisotopic (exact) mass is 519 g/mol. The number of nitrogens with one attached hydrogen (secondary N) is 2. The number of amides is 2. The fourth-order valence-corrected chi connectivity index (χ4v) is 3.31. The molecule has 0 unspecified atom stereocenters. The van der Waals surface area contributed by atoms with E-state index in [0.29, 0.717) is 49.6 Å². The first-order valence-electron chi connectivity index (χ1n) is 9.32. The summed E-state index contributed by atoms with van der Waals surface area (Å²) >= 11 is 5.99. The lowest BCUT2D eigenvalue weighted by atomic mass is 10.1. The number of aliphatic imine (C=N–C) groups is 1. The van der Waals surface area contributed by atoms with Crippen molar-refractivity contribution in [2.75, 3.05) is 39.8 Å². The van der Waals surface area contributed by atoms with Gasteiger partial charge in [-0.25, -0.2) is 0 Å². The molecule has 2 aliphatic rings. The van der Waals surface area contributed by atoms with E-state index in [1.165, 1.54) is 0 Å². The zero-order chi connectivity index (χ0) is 19.2. The maximum Gasteiger partial charge on any atom is 0.239 e. The molecular weight excluding hydrogens is 493 g/mol. The van der Waals surface area contributed by atoms with Crippen LogP contribution in [0.2, 0.25) is 5.02 Å². The molecule has 0 radical (unpaired) electrons. The molecule has 0 bridgehead atoms. The number of hydrogen-bond acceptors (Lipinski definition) is 3. The Bertz CT molecular complexity index is 718. The van der Waals surface area contributed by atoms with Crippen LogP contribution in [0.3, 0.4) is 0 Å². The molecule has 154 valence electrons. The number of hydrogen-bond donors (Lipinski definition) is 2. The van der Waals surface area contributed by atoms with Crippen LogP contribution < -0.4 is 10.6 Å². The average molecular weight is 520 g/mol. The van der Waals surface area contributed by atoms with Crippen molar-refractivity contribution in [2.24, 2.45) is 4.99 Å². The Labute approximate surface area is 187 Å². The fourth-order valence-electron chi connectivity index (χ4n) is 3.10. The molecule has 9 heteroatoms. The highest BCUT2D eigenvalue weighted by atomic mass is 127. The number of benzene rings is 1. The molecule has 28 heavy (non-hydrogen) atoms. The summed E-state index contributed by atoms with van der Waals surface area (Å²) in [6.07, 6.45) is 2.51. The third-order valence-electron chi connectivity index (χ3n) is 4.74. The van der Waals surface area contributed by atoms with E-state index in [4.69, 9.17) is 11.6 Å². The van der Waals surface area contributed by atoms with Crippen molar-refractivity contribution >= 4 is 53.4 Å². The minimum Gasteiger partial charge on any atom is -0.352 e. The topological polar surface area (TPSA) is 77.0 Å². The summed E-state index contributed by atoms with van der Waals surface area (Å²) in [6.45, 7) is 2.86. The van der Waals surface area contributed by atoms with Crippen molar-refractivity contribution in [2.45, 2.75) is 25.3 Å². The van der Waals surface area contributed by atoms with E-state index in [1.54, 1.807) is 13.1 Å². The second kappa shape index (κ2) is 10.8. The number of carbonyl (C=O) groups excluding carboxylic acids is 2. The number of nitrogens with zero attached hydrogens (tertiary/aromatic N) is 3. The van der Waals surface area contributed by atoms with Gasteiger partial charge in [0.25, 0.3) is 0 Å². The summed E-state index contributed by atoms with van der Waals surface area (Å²) in [5.41, 5.74) is 0.925. The van der Waals surface area contributed by atoms with Gasteiger partial charge in [-0.2, -0.15) is 0 Å². The number of rotatable bonds is 5. The Morgan fingerprint density at radius 3 is 2.46 bits per heavy atom. The lowest BCUT2D eigenvalue weighted by Gasteiger charge is -2.36. The van der Waals surface area contributed by atoms with Crippen LogP contribution in [0.25, 0.3) is 0 Å². The first-order valence-corrected chi connectivity index (χ1v) is 9.70. The largest absolute Gasteiger partial charge is 0.352 e. The standard InChI is InChI=1S/C19H26ClN5O2.HI/c1-21-19(22-13-17(26)23-16-5-6-16)25-9-7-24(8-10-25)18(27)12-14-3-2-4-15(20)11-14;/h2-4,11,16H,5-10,12-13H2,1H3,(H,21,22)(H,23,26);1H. The van der Waals surface area contributed by atoms with E-state index in [-0.39, 0.29) is 42.3 Å². The molecule has 1 saturated heterocycles. The summed E-state index contributed by atoms with van der Waals surface area (Å²) in [5, 5.41) is 6.70. The highest BCUT2D eigenvalue weighted by molar-refractivity contribution is 14.0. The summed E-state index contributed by atoms with van der Waals surface area (Å²) in [4.78, 5) is 32.5. The van der Waals surface area contributed by atoms with Crippen LogP contribution in [0.15, 0.2) is 29.3 Å². The van der Waals surface area contributed by atoms with Crippen molar-refractivity contribution in [1.82, 2.24) is 20.4 Å². The van der Waals surface area contributed by atoms with Crippen molar-refractivity contribution in [3.63, 3.8) is 0 Å². The Morgan fingerprint density at radius 1 is 1.18 bits per heavy atom. The second-order valence-electron chi connectivity index (χ2n) is 6.92. The molecule has 1 aromatic carbocycles. The molecule has 2 amide bonds.